The summed E-state index contributed by atoms with van der Waals surface area (Å²) in [7, 11) is -3.73. The molecule has 3 aromatic rings. The van der Waals surface area contributed by atoms with Crippen LogP contribution in [0.2, 0.25) is 0 Å². The first kappa shape index (κ1) is 21.9. The van der Waals surface area contributed by atoms with Crippen LogP contribution < -0.4 is 5.48 Å². The van der Waals surface area contributed by atoms with Crippen molar-refractivity contribution in [2.75, 3.05) is 6.61 Å². The largest absolute Gasteiger partial charge is 0.350 e. The smallest absolute Gasteiger partial charge is 0.277 e. The van der Waals surface area contributed by atoms with Crippen LogP contribution >= 0.6 is 22.7 Å². The highest BCUT2D eigenvalue weighted by molar-refractivity contribution is 7.92. The van der Waals surface area contributed by atoms with Gasteiger partial charge in [0, 0.05) is 36.9 Å². The molecule has 0 aliphatic carbocycles. The number of aryl methyl sites for hydroxylation is 1. The lowest BCUT2D eigenvalue weighted by Crippen LogP contribution is -2.32. The standard InChI is InChI=1S/C20H21N3O5S3/c1-14-21-16(13-29-14)17-6-8-20(30-17)31(25,26)23-10-9-15(12-23)5-7-18(24)22-28-19-4-2-3-11-27-19/h5-10,12-13,19H,2-4,11H2,1H3,(H,22,24). The number of carbonyl (C=O) groups excluding carboxylic acids is 1. The number of hydrogen-bond donors (Lipinski definition) is 1. The lowest BCUT2D eigenvalue weighted by Gasteiger charge is -2.21. The Balaban J connectivity index is 1.40. The minimum atomic E-state index is -3.73. The van der Waals surface area contributed by atoms with Crippen LogP contribution in [-0.4, -0.2) is 36.2 Å². The zero-order valence-corrected chi connectivity index (χ0v) is 19.1. The lowest BCUT2D eigenvalue weighted by molar-refractivity contribution is -0.198. The van der Waals surface area contributed by atoms with Crippen molar-refractivity contribution in [2.24, 2.45) is 0 Å². The summed E-state index contributed by atoms with van der Waals surface area (Å²) >= 11 is 2.69. The number of thiazole rings is 1. The number of aromatic nitrogens is 2. The molecule has 1 aliphatic rings. The Morgan fingerprint density at radius 1 is 1.35 bits per heavy atom. The quantitative estimate of drug-likeness (QED) is 0.409. The number of nitrogens with zero attached hydrogens (tertiary/aromatic N) is 2. The van der Waals surface area contributed by atoms with Gasteiger partial charge in [-0.3, -0.25) is 4.79 Å². The molecule has 1 N–H and O–H groups in total. The summed E-state index contributed by atoms with van der Waals surface area (Å²) < 4.78 is 32.6. The van der Waals surface area contributed by atoms with Crippen molar-refractivity contribution in [2.45, 2.75) is 36.7 Å². The first-order valence-electron chi connectivity index (χ1n) is 9.63. The molecule has 0 bridgehead atoms. The van der Waals surface area contributed by atoms with Crippen LogP contribution in [0.5, 0.6) is 0 Å². The number of hydroxylamine groups is 1. The lowest BCUT2D eigenvalue weighted by atomic mass is 10.2. The molecule has 1 fully saturated rings. The molecule has 3 aromatic heterocycles. The molecular formula is C20H21N3O5S3. The fourth-order valence-corrected chi connectivity index (χ4v) is 6.22. The van der Waals surface area contributed by atoms with Gasteiger partial charge in [0.2, 0.25) is 0 Å². The fraction of sp³-hybridized carbons (Fsp3) is 0.300. The van der Waals surface area contributed by atoms with Crippen LogP contribution in [0.25, 0.3) is 16.6 Å². The summed E-state index contributed by atoms with van der Waals surface area (Å²) in [6.45, 7) is 2.53. The molecule has 1 unspecified atom stereocenters. The van der Waals surface area contributed by atoms with Gasteiger partial charge in [0.1, 0.15) is 4.21 Å². The molecule has 4 heterocycles. The molecule has 0 aromatic carbocycles. The van der Waals surface area contributed by atoms with Crippen LogP contribution in [-0.2, 0) is 24.4 Å². The molecule has 0 radical (unpaired) electrons. The zero-order chi connectivity index (χ0) is 21.8. The summed E-state index contributed by atoms with van der Waals surface area (Å²) in [5.74, 6) is -0.453. The Hall–Kier alpha value is -2.31. The second-order valence-electron chi connectivity index (χ2n) is 6.86. The average molecular weight is 480 g/mol. The number of rotatable bonds is 7. The number of carbonyl (C=O) groups is 1. The van der Waals surface area contributed by atoms with Gasteiger partial charge < -0.3 is 4.74 Å². The van der Waals surface area contributed by atoms with Gasteiger partial charge in [-0.05, 0) is 49.6 Å². The first-order chi connectivity index (χ1) is 14.9. The van der Waals surface area contributed by atoms with Gasteiger partial charge in [-0.1, -0.05) is 0 Å². The minimum absolute atomic E-state index is 0.220. The van der Waals surface area contributed by atoms with Gasteiger partial charge in [0.05, 0.1) is 15.6 Å². The van der Waals surface area contributed by atoms with Crippen molar-refractivity contribution in [1.29, 1.82) is 0 Å². The van der Waals surface area contributed by atoms with E-state index in [0.29, 0.717) is 12.2 Å². The topological polar surface area (TPSA) is 99.5 Å². The van der Waals surface area contributed by atoms with E-state index >= 15 is 0 Å². The van der Waals surface area contributed by atoms with Gasteiger partial charge in [-0.15, -0.1) is 22.7 Å². The zero-order valence-electron chi connectivity index (χ0n) is 16.7. The molecule has 1 aliphatic heterocycles. The molecule has 31 heavy (non-hydrogen) atoms. The van der Waals surface area contributed by atoms with Crippen molar-refractivity contribution in [1.82, 2.24) is 14.4 Å². The second-order valence-corrected chi connectivity index (χ2v) is 11.1. The highest BCUT2D eigenvalue weighted by atomic mass is 32.2. The average Bonchev–Trinajstić information content (AvgIpc) is 3.52. The summed E-state index contributed by atoms with van der Waals surface area (Å²) in [4.78, 5) is 22.3. The van der Waals surface area contributed by atoms with E-state index in [2.05, 4.69) is 10.5 Å². The maximum absolute atomic E-state index is 12.9. The van der Waals surface area contributed by atoms with Crippen LogP contribution in [0.3, 0.4) is 0 Å². The number of thiophene rings is 1. The van der Waals surface area contributed by atoms with E-state index in [1.807, 2.05) is 12.3 Å². The summed E-state index contributed by atoms with van der Waals surface area (Å²) in [6.07, 6.45) is 7.99. The fourth-order valence-electron chi connectivity index (χ4n) is 2.95. The van der Waals surface area contributed by atoms with E-state index in [4.69, 9.17) is 9.57 Å². The van der Waals surface area contributed by atoms with E-state index < -0.39 is 22.2 Å². The molecule has 1 amide bonds. The monoisotopic (exact) mass is 479 g/mol. The van der Waals surface area contributed by atoms with Crippen molar-refractivity contribution < 1.29 is 22.8 Å². The van der Waals surface area contributed by atoms with Gasteiger partial charge >= 0.3 is 0 Å². The third-order valence-electron chi connectivity index (χ3n) is 4.53. The third-order valence-corrected chi connectivity index (χ3v) is 8.52. The number of amides is 1. The second kappa shape index (κ2) is 9.45. The van der Waals surface area contributed by atoms with Gasteiger partial charge in [-0.2, -0.15) is 8.42 Å². The predicted octanol–water partition coefficient (Wildman–Crippen LogP) is 3.81. The highest BCUT2D eigenvalue weighted by Gasteiger charge is 2.20. The third kappa shape index (κ3) is 5.31. The molecule has 11 heteroatoms. The van der Waals surface area contributed by atoms with E-state index in [0.717, 1.165) is 38.8 Å². The molecular weight excluding hydrogens is 458 g/mol. The van der Waals surface area contributed by atoms with Crippen LogP contribution in [0.4, 0.5) is 0 Å². The summed E-state index contributed by atoms with van der Waals surface area (Å²) in [6, 6.07) is 4.96. The minimum Gasteiger partial charge on any atom is -0.350 e. The van der Waals surface area contributed by atoms with Gasteiger partial charge in [0.15, 0.2) is 6.29 Å². The van der Waals surface area contributed by atoms with E-state index in [9.17, 15) is 13.2 Å². The van der Waals surface area contributed by atoms with Crippen molar-refractivity contribution in [3.8, 4) is 10.6 Å². The predicted molar refractivity (Wildman–Crippen MR) is 119 cm³/mol. The Morgan fingerprint density at radius 2 is 2.23 bits per heavy atom. The number of hydrogen-bond acceptors (Lipinski definition) is 8. The summed E-state index contributed by atoms with van der Waals surface area (Å²) in [5.41, 5.74) is 3.67. The Morgan fingerprint density at radius 3 is 2.97 bits per heavy atom. The number of ether oxygens (including phenoxy) is 1. The normalized spacial score (nSPS) is 17.3. The van der Waals surface area contributed by atoms with Crippen LogP contribution in [0, 0.1) is 6.92 Å². The van der Waals surface area contributed by atoms with E-state index in [-0.39, 0.29) is 4.21 Å². The maximum atomic E-state index is 12.9. The molecule has 8 nitrogen and oxygen atoms in total. The molecule has 164 valence electrons. The molecule has 4 rings (SSSR count). The first-order valence-corrected chi connectivity index (χ1v) is 12.8. The molecule has 0 saturated carbocycles. The summed E-state index contributed by atoms with van der Waals surface area (Å²) in [5, 5.41) is 2.83. The van der Waals surface area contributed by atoms with Gasteiger partial charge in [0.25, 0.3) is 15.9 Å². The van der Waals surface area contributed by atoms with Crippen LogP contribution in [0.15, 0.2) is 46.3 Å². The van der Waals surface area contributed by atoms with Crippen LogP contribution in [0.1, 0.15) is 29.8 Å². The Bertz CT molecular complexity index is 1190. The SMILES string of the molecule is Cc1nc(-c2ccc(S(=O)(=O)n3ccc(C=CC(=O)NOC4CCCCO4)c3)s2)cs1. The number of nitrogens with one attached hydrogen (secondary N) is 1. The highest BCUT2D eigenvalue weighted by Crippen LogP contribution is 2.32. The van der Waals surface area contributed by atoms with Gasteiger partial charge in [-0.25, -0.2) is 19.3 Å². The molecule has 0 spiro atoms. The van der Waals surface area contributed by atoms with E-state index in [1.165, 1.54) is 47.2 Å². The van der Waals surface area contributed by atoms with Crippen molar-refractivity contribution in [3.63, 3.8) is 0 Å². The van der Waals surface area contributed by atoms with E-state index in [1.54, 1.807) is 18.2 Å². The molecule has 1 atom stereocenters. The Kier molecular flexibility index (Phi) is 6.68. The molecule has 1 saturated heterocycles. The maximum Gasteiger partial charge on any atom is 0.277 e. The van der Waals surface area contributed by atoms with Crippen molar-refractivity contribution >= 4 is 44.7 Å². The van der Waals surface area contributed by atoms with Crippen molar-refractivity contribution in [3.05, 3.63) is 52.6 Å². The Labute approximate surface area is 188 Å².